The van der Waals surface area contributed by atoms with E-state index in [4.69, 9.17) is 11.6 Å². The summed E-state index contributed by atoms with van der Waals surface area (Å²) in [5.41, 5.74) is 1.88. The van der Waals surface area contributed by atoms with E-state index in [2.05, 4.69) is 10.3 Å². The van der Waals surface area contributed by atoms with Crippen molar-refractivity contribution in [2.75, 3.05) is 11.2 Å². The standard InChI is InChI=1S/C14H13ClN2/c15-11-14(16-12-7-3-1-4-8-12)17-13-9-5-2-6-10-13/h1-10H,11H2,(H,16,17). The maximum absolute atomic E-state index is 5.87. The lowest BCUT2D eigenvalue weighted by Gasteiger charge is -2.07. The zero-order valence-corrected chi connectivity index (χ0v) is 10.1. The number of hydrogen-bond acceptors (Lipinski definition) is 1. The molecule has 2 aromatic rings. The molecule has 0 heterocycles. The molecule has 0 atom stereocenters. The van der Waals surface area contributed by atoms with Crippen molar-refractivity contribution in [1.82, 2.24) is 0 Å². The van der Waals surface area contributed by atoms with Gasteiger partial charge in [-0.05, 0) is 24.3 Å². The van der Waals surface area contributed by atoms with Crippen LogP contribution >= 0.6 is 11.6 Å². The van der Waals surface area contributed by atoms with Crippen LogP contribution in [-0.4, -0.2) is 11.7 Å². The fourth-order valence-electron chi connectivity index (χ4n) is 1.44. The van der Waals surface area contributed by atoms with Gasteiger partial charge in [-0.2, -0.15) is 0 Å². The van der Waals surface area contributed by atoms with E-state index >= 15 is 0 Å². The molecule has 0 bridgehead atoms. The molecule has 0 saturated heterocycles. The summed E-state index contributed by atoms with van der Waals surface area (Å²) in [4.78, 5) is 4.45. The van der Waals surface area contributed by atoms with Crippen LogP contribution in [0.4, 0.5) is 11.4 Å². The van der Waals surface area contributed by atoms with E-state index in [0.717, 1.165) is 17.2 Å². The highest BCUT2D eigenvalue weighted by Gasteiger charge is 1.98. The van der Waals surface area contributed by atoms with Crippen molar-refractivity contribution >= 4 is 28.8 Å². The van der Waals surface area contributed by atoms with Gasteiger partial charge in [0, 0.05) is 5.69 Å². The number of amidine groups is 1. The molecule has 0 spiro atoms. The Morgan fingerprint density at radius 1 is 0.941 bits per heavy atom. The molecule has 0 fully saturated rings. The first kappa shape index (κ1) is 11.7. The molecular weight excluding hydrogens is 232 g/mol. The summed E-state index contributed by atoms with van der Waals surface area (Å²) in [6.45, 7) is 0. The van der Waals surface area contributed by atoms with Gasteiger partial charge in [-0.15, -0.1) is 11.6 Å². The molecule has 0 aliphatic heterocycles. The number of alkyl halides is 1. The van der Waals surface area contributed by atoms with Gasteiger partial charge < -0.3 is 5.32 Å². The average Bonchev–Trinajstić information content (AvgIpc) is 2.40. The molecule has 86 valence electrons. The third kappa shape index (κ3) is 3.61. The first-order valence-corrected chi connectivity index (χ1v) is 5.92. The van der Waals surface area contributed by atoms with Crippen molar-refractivity contribution in [2.45, 2.75) is 0 Å². The van der Waals surface area contributed by atoms with Crippen LogP contribution in [0.2, 0.25) is 0 Å². The van der Waals surface area contributed by atoms with Crippen LogP contribution in [0.3, 0.4) is 0 Å². The monoisotopic (exact) mass is 244 g/mol. The van der Waals surface area contributed by atoms with Gasteiger partial charge in [-0.3, -0.25) is 0 Å². The average molecular weight is 245 g/mol. The maximum Gasteiger partial charge on any atom is 0.122 e. The number of nitrogens with one attached hydrogen (secondary N) is 1. The van der Waals surface area contributed by atoms with E-state index in [1.165, 1.54) is 0 Å². The van der Waals surface area contributed by atoms with Crippen molar-refractivity contribution in [3.63, 3.8) is 0 Å². The van der Waals surface area contributed by atoms with E-state index in [-0.39, 0.29) is 0 Å². The summed E-state index contributed by atoms with van der Waals surface area (Å²) in [6.07, 6.45) is 0. The predicted octanol–water partition coefficient (Wildman–Crippen LogP) is 4.07. The van der Waals surface area contributed by atoms with Crippen molar-refractivity contribution in [3.8, 4) is 0 Å². The van der Waals surface area contributed by atoms with Crippen LogP contribution in [0, 0.1) is 0 Å². The molecule has 2 nitrogen and oxygen atoms in total. The Hall–Kier alpha value is -1.80. The molecule has 0 aromatic heterocycles. The molecule has 0 aliphatic carbocycles. The summed E-state index contributed by atoms with van der Waals surface area (Å²) < 4.78 is 0. The minimum atomic E-state index is 0.351. The van der Waals surface area contributed by atoms with Crippen LogP contribution in [-0.2, 0) is 0 Å². The summed E-state index contributed by atoms with van der Waals surface area (Å²) in [6, 6.07) is 19.6. The SMILES string of the molecule is ClCC(=Nc1ccccc1)Nc1ccccc1. The van der Waals surface area contributed by atoms with Crippen LogP contribution in [0.25, 0.3) is 0 Å². The summed E-state index contributed by atoms with van der Waals surface area (Å²) in [5.74, 6) is 1.09. The number of nitrogens with zero attached hydrogens (tertiary/aromatic N) is 1. The zero-order valence-electron chi connectivity index (χ0n) is 9.31. The van der Waals surface area contributed by atoms with E-state index in [9.17, 15) is 0 Å². The highest BCUT2D eigenvalue weighted by atomic mass is 35.5. The molecule has 1 N–H and O–H groups in total. The summed E-state index contributed by atoms with van der Waals surface area (Å²) in [5, 5.41) is 3.20. The smallest absolute Gasteiger partial charge is 0.122 e. The molecular formula is C14H13ClN2. The van der Waals surface area contributed by atoms with E-state index in [1.54, 1.807) is 0 Å². The first-order chi connectivity index (χ1) is 8.38. The first-order valence-electron chi connectivity index (χ1n) is 5.39. The molecule has 0 amide bonds. The van der Waals surface area contributed by atoms with E-state index < -0.39 is 0 Å². The molecule has 2 aromatic carbocycles. The second-order valence-electron chi connectivity index (χ2n) is 3.52. The molecule has 0 radical (unpaired) electrons. The number of rotatable bonds is 3. The Morgan fingerprint density at radius 3 is 2.12 bits per heavy atom. The topological polar surface area (TPSA) is 24.4 Å². The highest BCUT2D eigenvalue weighted by molar-refractivity contribution is 6.30. The van der Waals surface area contributed by atoms with Crippen molar-refractivity contribution < 1.29 is 0 Å². The number of hydrogen-bond donors (Lipinski definition) is 1. The Bertz CT molecular complexity index is 480. The van der Waals surface area contributed by atoms with Gasteiger partial charge >= 0.3 is 0 Å². The highest BCUT2D eigenvalue weighted by Crippen LogP contribution is 2.12. The Kier molecular flexibility index (Phi) is 4.17. The lowest BCUT2D eigenvalue weighted by Crippen LogP contribution is -2.13. The third-order valence-corrected chi connectivity index (χ3v) is 2.46. The van der Waals surface area contributed by atoms with Crippen LogP contribution in [0.15, 0.2) is 65.7 Å². The Balaban J connectivity index is 2.15. The lowest BCUT2D eigenvalue weighted by atomic mass is 10.3. The molecule has 0 unspecified atom stereocenters. The van der Waals surface area contributed by atoms with Crippen LogP contribution < -0.4 is 5.32 Å². The van der Waals surface area contributed by atoms with Gasteiger partial charge in [-0.1, -0.05) is 36.4 Å². The molecule has 17 heavy (non-hydrogen) atoms. The summed E-state index contributed by atoms with van der Waals surface area (Å²) in [7, 11) is 0. The normalized spacial score (nSPS) is 11.2. The number of para-hydroxylation sites is 2. The van der Waals surface area contributed by atoms with Crippen LogP contribution in [0.1, 0.15) is 0 Å². The minimum absolute atomic E-state index is 0.351. The van der Waals surface area contributed by atoms with Crippen molar-refractivity contribution in [3.05, 3.63) is 60.7 Å². The molecule has 0 saturated carbocycles. The summed E-state index contributed by atoms with van der Waals surface area (Å²) >= 11 is 5.87. The van der Waals surface area contributed by atoms with E-state index in [1.807, 2.05) is 60.7 Å². The third-order valence-electron chi connectivity index (χ3n) is 2.21. The number of anilines is 1. The van der Waals surface area contributed by atoms with Gasteiger partial charge in [0.25, 0.3) is 0 Å². The Morgan fingerprint density at radius 2 is 1.53 bits per heavy atom. The van der Waals surface area contributed by atoms with Crippen molar-refractivity contribution in [2.24, 2.45) is 4.99 Å². The number of aliphatic imine (C=N–C) groups is 1. The maximum atomic E-state index is 5.87. The lowest BCUT2D eigenvalue weighted by molar-refractivity contribution is 1.47. The van der Waals surface area contributed by atoms with Crippen molar-refractivity contribution in [1.29, 1.82) is 0 Å². The second-order valence-corrected chi connectivity index (χ2v) is 3.79. The zero-order chi connectivity index (χ0) is 11.9. The fourth-order valence-corrected chi connectivity index (χ4v) is 1.56. The predicted molar refractivity (Wildman–Crippen MR) is 74.3 cm³/mol. The van der Waals surface area contributed by atoms with Gasteiger partial charge in [0.2, 0.25) is 0 Å². The van der Waals surface area contributed by atoms with Gasteiger partial charge in [-0.25, -0.2) is 4.99 Å². The number of halogens is 1. The quantitative estimate of drug-likeness (QED) is 0.491. The van der Waals surface area contributed by atoms with Crippen LogP contribution in [0.5, 0.6) is 0 Å². The fraction of sp³-hybridized carbons (Fsp3) is 0.0714. The Labute approximate surface area is 106 Å². The largest absolute Gasteiger partial charge is 0.343 e. The van der Waals surface area contributed by atoms with E-state index in [0.29, 0.717) is 5.88 Å². The number of benzene rings is 2. The second kappa shape index (κ2) is 6.06. The molecule has 0 aliphatic rings. The van der Waals surface area contributed by atoms with Gasteiger partial charge in [0.05, 0.1) is 11.6 Å². The van der Waals surface area contributed by atoms with Gasteiger partial charge in [0.15, 0.2) is 0 Å². The van der Waals surface area contributed by atoms with Gasteiger partial charge in [0.1, 0.15) is 5.84 Å². The minimum Gasteiger partial charge on any atom is -0.343 e. The molecule has 2 rings (SSSR count). The molecule has 3 heteroatoms.